The Labute approximate surface area is 116 Å². The van der Waals surface area contributed by atoms with E-state index in [0.29, 0.717) is 16.6 Å². The van der Waals surface area contributed by atoms with Gasteiger partial charge in [0.25, 0.3) is 5.91 Å². The van der Waals surface area contributed by atoms with Crippen LogP contribution in [-0.2, 0) is 4.79 Å². The first-order valence-electron chi connectivity index (χ1n) is 5.74. The molecule has 0 bridgehead atoms. The first-order chi connectivity index (χ1) is 9.13. The number of aromatic nitrogens is 1. The molecule has 0 aliphatic carbocycles. The van der Waals surface area contributed by atoms with E-state index in [9.17, 15) is 4.79 Å². The second-order valence-electron chi connectivity index (χ2n) is 4.02. The molecular formula is C14H13ClN2O2. The van der Waals surface area contributed by atoms with Crippen LogP contribution in [0.5, 0.6) is 5.75 Å². The number of amides is 1. The summed E-state index contributed by atoms with van der Waals surface area (Å²) < 4.78 is 5.39. The van der Waals surface area contributed by atoms with Crippen molar-refractivity contribution in [1.29, 1.82) is 0 Å². The minimum absolute atomic E-state index is 0.0495. The van der Waals surface area contributed by atoms with Gasteiger partial charge in [-0.2, -0.15) is 0 Å². The molecule has 19 heavy (non-hydrogen) atoms. The SMILES string of the molecule is Cc1cccc(OCC(=O)Nc2ccc(Cl)nc2)c1. The Balaban J connectivity index is 1.86. The third-order valence-corrected chi connectivity index (χ3v) is 2.59. The lowest BCUT2D eigenvalue weighted by molar-refractivity contribution is -0.118. The Morgan fingerprint density at radius 2 is 2.21 bits per heavy atom. The van der Waals surface area contributed by atoms with Crippen LogP contribution >= 0.6 is 11.6 Å². The van der Waals surface area contributed by atoms with Crippen molar-refractivity contribution >= 4 is 23.2 Å². The van der Waals surface area contributed by atoms with E-state index >= 15 is 0 Å². The molecule has 2 rings (SSSR count). The number of carbonyl (C=O) groups is 1. The number of rotatable bonds is 4. The maximum atomic E-state index is 11.7. The molecule has 1 aromatic heterocycles. The predicted octanol–water partition coefficient (Wildman–Crippen LogP) is 3.06. The van der Waals surface area contributed by atoms with Crippen LogP contribution in [0.2, 0.25) is 5.15 Å². The zero-order chi connectivity index (χ0) is 13.7. The summed E-state index contributed by atoms with van der Waals surface area (Å²) in [4.78, 5) is 15.5. The molecule has 0 aliphatic rings. The van der Waals surface area contributed by atoms with Crippen LogP contribution in [-0.4, -0.2) is 17.5 Å². The van der Waals surface area contributed by atoms with Gasteiger partial charge in [0.05, 0.1) is 11.9 Å². The average molecular weight is 277 g/mol. The van der Waals surface area contributed by atoms with Gasteiger partial charge in [-0.15, -0.1) is 0 Å². The summed E-state index contributed by atoms with van der Waals surface area (Å²) in [6.07, 6.45) is 1.49. The highest BCUT2D eigenvalue weighted by atomic mass is 35.5. The molecule has 1 N–H and O–H groups in total. The number of halogens is 1. The van der Waals surface area contributed by atoms with Crippen LogP contribution in [0.1, 0.15) is 5.56 Å². The normalized spacial score (nSPS) is 10.0. The lowest BCUT2D eigenvalue weighted by atomic mass is 10.2. The van der Waals surface area contributed by atoms with Crippen LogP contribution in [0.15, 0.2) is 42.6 Å². The molecule has 2 aromatic rings. The fourth-order valence-electron chi connectivity index (χ4n) is 1.50. The lowest BCUT2D eigenvalue weighted by Crippen LogP contribution is -2.20. The average Bonchev–Trinajstić information content (AvgIpc) is 2.39. The Morgan fingerprint density at radius 3 is 2.89 bits per heavy atom. The van der Waals surface area contributed by atoms with Gasteiger partial charge in [0.1, 0.15) is 10.9 Å². The van der Waals surface area contributed by atoms with Crippen molar-refractivity contribution in [2.24, 2.45) is 0 Å². The number of nitrogens with one attached hydrogen (secondary N) is 1. The molecule has 1 aromatic carbocycles. The molecule has 0 saturated carbocycles. The van der Waals surface area contributed by atoms with E-state index < -0.39 is 0 Å². The van der Waals surface area contributed by atoms with E-state index in [0.717, 1.165) is 5.56 Å². The third-order valence-electron chi connectivity index (χ3n) is 2.37. The fourth-order valence-corrected chi connectivity index (χ4v) is 1.61. The van der Waals surface area contributed by atoms with E-state index in [4.69, 9.17) is 16.3 Å². The molecule has 5 heteroatoms. The first-order valence-corrected chi connectivity index (χ1v) is 6.12. The molecule has 0 fully saturated rings. The topological polar surface area (TPSA) is 51.2 Å². The van der Waals surface area contributed by atoms with Crippen molar-refractivity contribution in [3.05, 3.63) is 53.3 Å². The summed E-state index contributed by atoms with van der Waals surface area (Å²) >= 11 is 5.66. The first kappa shape index (κ1) is 13.4. The van der Waals surface area contributed by atoms with E-state index in [2.05, 4.69) is 10.3 Å². The molecule has 1 amide bonds. The second-order valence-corrected chi connectivity index (χ2v) is 4.41. The number of nitrogens with zero attached hydrogens (tertiary/aromatic N) is 1. The molecule has 0 unspecified atom stereocenters. The summed E-state index contributed by atoms with van der Waals surface area (Å²) in [5.41, 5.74) is 1.67. The fraction of sp³-hybridized carbons (Fsp3) is 0.143. The summed E-state index contributed by atoms with van der Waals surface area (Å²) in [6, 6.07) is 10.8. The van der Waals surface area contributed by atoms with Gasteiger partial charge in [-0.25, -0.2) is 4.98 Å². The number of aryl methyl sites for hydroxylation is 1. The van der Waals surface area contributed by atoms with Gasteiger partial charge in [0.15, 0.2) is 6.61 Å². The van der Waals surface area contributed by atoms with Crippen molar-refractivity contribution in [2.45, 2.75) is 6.92 Å². The summed E-state index contributed by atoms with van der Waals surface area (Å²) in [6.45, 7) is 1.92. The highest BCUT2D eigenvalue weighted by molar-refractivity contribution is 6.29. The Kier molecular flexibility index (Phi) is 4.36. The Hall–Kier alpha value is -2.07. The number of hydrogen-bond donors (Lipinski definition) is 1. The van der Waals surface area contributed by atoms with Gasteiger partial charge in [-0.1, -0.05) is 23.7 Å². The molecule has 0 radical (unpaired) electrons. The highest BCUT2D eigenvalue weighted by Crippen LogP contribution is 2.13. The van der Waals surface area contributed by atoms with Crippen LogP contribution in [0.3, 0.4) is 0 Å². The maximum absolute atomic E-state index is 11.7. The summed E-state index contributed by atoms with van der Waals surface area (Å²) in [5.74, 6) is 0.426. The van der Waals surface area contributed by atoms with Crippen LogP contribution in [0.25, 0.3) is 0 Å². The van der Waals surface area contributed by atoms with Crippen LogP contribution < -0.4 is 10.1 Å². The van der Waals surface area contributed by atoms with E-state index in [1.807, 2.05) is 31.2 Å². The van der Waals surface area contributed by atoms with Crippen molar-refractivity contribution in [2.75, 3.05) is 11.9 Å². The molecule has 0 aliphatic heterocycles. The van der Waals surface area contributed by atoms with E-state index in [1.54, 1.807) is 12.1 Å². The predicted molar refractivity (Wildman–Crippen MR) is 74.6 cm³/mol. The Bertz CT molecular complexity index is 570. The molecule has 4 nitrogen and oxygen atoms in total. The number of carbonyl (C=O) groups excluding carboxylic acids is 1. The third kappa shape index (κ3) is 4.26. The van der Waals surface area contributed by atoms with Crippen LogP contribution in [0.4, 0.5) is 5.69 Å². The second kappa shape index (κ2) is 6.20. The van der Waals surface area contributed by atoms with Gasteiger partial charge in [-0.05, 0) is 36.8 Å². The van der Waals surface area contributed by atoms with Crippen molar-refractivity contribution < 1.29 is 9.53 Å². The molecular weight excluding hydrogens is 264 g/mol. The van der Waals surface area contributed by atoms with Gasteiger partial charge < -0.3 is 10.1 Å². The lowest BCUT2D eigenvalue weighted by Gasteiger charge is -2.07. The van der Waals surface area contributed by atoms with Gasteiger partial charge in [0.2, 0.25) is 0 Å². The van der Waals surface area contributed by atoms with Crippen molar-refractivity contribution in [1.82, 2.24) is 4.98 Å². The monoisotopic (exact) mass is 276 g/mol. The minimum Gasteiger partial charge on any atom is -0.484 e. The molecule has 0 spiro atoms. The van der Waals surface area contributed by atoms with Crippen molar-refractivity contribution in [3.63, 3.8) is 0 Å². The quantitative estimate of drug-likeness (QED) is 0.873. The van der Waals surface area contributed by atoms with Gasteiger partial charge in [-0.3, -0.25) is 4.79 Å². The number of pyridine rings is 1. The Morgan fingerprint density at radius 1 is 1.37 bits per heavy atom. The zero-order valence-electron chi connectivity index (χ0n) is 10.4. The largest absolute Gasteiger partial charge is 0.484 e. The number of hydrogen-bond acceptors (Lipinski definition) is 3. The highest BCUT2D eigenvalue weighted by Gasteiger charge is 2.04. The number of ether oxygens (including phenoxy) is 1. The molecule has 98 valence electrons. The van der Waals surface area contributed by atoms with Gasteiger partial charge >= 0.3 is 0 Å². The maximum Gasteiger partial charge on any atom is 0.262 e. The van der Waals surface area contributed by atoms with Gasteiger partial charge in [0, 0.05) is 0 Å². The zero-order valence-corrected chi connectivity index (χ0v) is 11.1. The molecule has 0 atom stereocenters. The minimum atomic E-state index is -0.245. The van der Waals surface area contributed by atoms with Crippen molar-refractivity contribution in [3.8, 4) is 5.75 Å². The molecule has 0 saturated heterocycles. The molecule has 1 heterocycles. The number of benzene rings is 1. The number of anilines is 1. The van der Waals surface area contributed by atoms with E-state index in [1.165, 1.54) is 6.20 Å². The summed E-state index contributed by atoms with van der Waals surface area (Å²) in [5, 5.41) is 3.05. The van der Waals surface area contributed by atoms with E-state index in [-0.39, 0.29) is 12.5 Å². The smallest absolute Gasteiger partial charge is 0.262 e. The summed E-state index contributed by atoms with van der Waals surface area (Å²) in [7, 11) is 0. The standard InChI is InChI=1S/C14H13ClN2O2/c1-10-3-2-4-12(7-10)19-9-14(18)17-11-5-6-13(15)16-8-11/h2-8H,9H2,1H3,(H,17,18). The van der Waals surface area contributed by atoms with Crippen LogP contribution in [0, 0.1) is 6.92 Å².